The van der Waals surface area contributed by atoms with Gasteiger partial charge in [-0.25, -0.2) is 0 Å². The molecule has 2 aliphatic heterocycles. The Morgan fingerprint density at radius 3 is 2.90 bits per heavy atom. The zero-order valence-corrected chi connectivity index (χ0v) is 12.1. The Kier molecular flexibility index (Phi) is 2.95. The minimum atomic E-state index is 0.584. The third-order valence-corrected chi connectivity index (χ3v) is 4.70. The first-order valence-corrected chi connectivity index (χ1v) is 7.62. The molecule has 0 spiro atoms. The normalized spacial score (nSPS) is 20.9. The Bertz CT molecular complexity index is 655. The number of para-hydroxylation sites is 1. The first kappa shape index (κ1) is 12.5. The molecule has 1 fully saturated rings. The Labute approximate surface area is 125 Å². The second-order valence-electron chi connectivity index (χ2n) is 5.90. The molecule has 2 aliphatic rings. The number of aromatic nitrogens is 1. The first-order valence-electron chi connectivity index (χ1n) is 7.62. The van der Waals surface area contributed by atoms with Crippen molar-refractivity contribution in [2.24, 2.45) is 0 Å². The van der Waals surface area contributed by atoms with Crippen LogP contribution in [0.2, 0.25) is 0 Å². The van der Waals surface area contributed by atoms with Gasteiger partial charge in [0.1, 0.15) is 0 Å². The molecule has 2 aromatic rings. The van der Waals surface area contributed by atoms with Crippen molar-refractivity contribution in [1.29, 1.82) is 0 Å². The number of aryl methyl sites for hydroxylation is 1. The van der Waals surface area contributed by atoms with Crippen LogP contribution in [0.1, 0.15) is 12.0 Å². The number of nitrogens with two attached hydrogens (primary N) is 1. The summed E-state index contributed by atoms with van der Waals surface area (Å²) in [6.07, 6.45) is 5.97. The molecule has 0 radical (unpaired) electrons. The Hall–Kier alpha value is -2.23. The summed E-state index contributed by atoms with van der Waals surface area (Å²) < 4.78 is 0. The molecule has 0 saturated carbocycles. The molecule has 2 N–H and O–H groups in total. The van der Waals surface area contributed by atoms with E-state index in [1.165, 1.54) is 24.1 Å². The van der Waals surface area contributed by atoms with Crippen molar-refractivity contribution in [3.8, 4) is 0 Å². The third-order valence-electron chi connectivity index (χ3n) is 4.70. The van der Waals surface area contributed by atoms with Crippen molar-refractivity contribution in [2.75, 3.05) is 35.2 Å². The highest BCUT2D eigenvalue weighted by Crippen LogP contribution is 2.34. The number of fused-ring (bicyclic) bond motifs is 3. The van der Waals surface area contributed by atoms with Gasteiger partial charge in [0.25, 0.3) is 0 Å². The van der Waals surface area contributed by atoms with Crippen LogP contribution in [0, 0.1) is 0 Å². The van der Waals surface area contributed by atoms with Crippen LogP contribution in [-0.2, 0) is 6.42 Å². The van der Waals surface area contributed by atoms with Crippen LogP contribution < -0.4 is 15.5 Å². The van der Waals surface area contributed by atoms with E-state index in [2.05, 4.69) is 39.0 Å². The lowest BCUT2D eigenvalue weighted by molar-refractivity contribution is 0.476. The summed E-state index contributed by atoms with van der Waals surface area (Å²) >= 11 is 0. The molecule has 1 aromatic carbocycles. The molecule has 21 heavy (non-hydrogen) atoms. The number of pyridine rings is 1. The van der Waals surface area contributed by atoms with E-state index in [1.54, 1.807) is 6.20 Å². The zero-order valence-electron chi connectivity index (χ0n) is 12.1. The van der Waals surface area contributed by atoms with Gasteiger partial charge in [-0.15, -0.1) is 0 Å². The highest BCUT2D eigenvalue weighted by molar-refractivity contribution is 5.67. The number of piperazine rings is 1. The van der Waals surface area contributed by atoms with Gasteiger partial charge in [0, 0.05) is 37.6 Å². The fourth-order valence-corrected chi connectivity index (χ4v) is 3.65. The van der Waals surface area contributed by atoms with E-state index in [1.807, 2.05) is 12.3 Å². The summed E-state index contributed by atoms with van der Waals surface area (Å²) in [6, 6.07) is 11.4. The van der Waals surface area contributed by atoms with Gasteiger partial charge < -0.3 is 15.5 Å². The van der Waals surface area contributed by atoms with Crippen LogP contribution in [0.5, 0.6) is 0 Å². The summed E-state index contributed by atoms with van der Waals surface area (Å²) in [5.41, 5.74) is 10.9. The van der Waals surface area contributed by atoms with Crippen LogP contribution >= 0.6 is 0 Å². The topological polar surface area (TPSA) is 45.4 Å². The third kappa shape index (κ3) is 2.11. The van der Waals surface area contributed by atoms with Crippen LogP contribution in [-0.4, -0.2) is 30.7 Å². The fourth-order valence-electron chi connectivity index (χ4n) is 3.65. The summed E-state index contributed by atoms with van der Waals surface area (Å²) in [4.78, 5) is 9.07. The maximum atomic E-state index is 6.08. The fraction of sp³-hybridized carbons (Fsp3) is 0.353. The largest absolute Gasteiger partial charge is 0.396 e. The predicted molar refractivity (Wildman–Crippen MR) is 86.8 cm³/mol. The summed E-state index contributed by atoms with van der Waals surface area (Å²) in [5, 5.41) is 0. The van der Waals surface area contributed by atoms with E-state index in [4.69, 9.17) is 5.73 Å². The van der Waals surface area contributed by atoms with Gasteiger partial charge in [-0.3, -0.25) is 4.98 Å². The molecule has 3 heterocycles. The van der Waals surface area contributed by atoms with Gasteiger partial charge >= 0.3 is 0 Å². The lowest BCUT2D eigenvalue weighted by Gasteiger charge is -2.47. The van der Waals surface area contributed by atoms with Gasteiger partial charge in [-0.2, -0.15) is 0 Å². The minimum Gasteiger partial charge on any atom is -0.396 e. The number of benzene rings is 1. The first-order chi connectivity index (χ1) is 10.3. The smallest absolute Gasteiger partial charge is 0.0738 e. The number of nitrogen functional groups attached to an aromatic ring is 1. The molecule has 0 amide bonds. The molecular formula is C17H20N4. The molecule has 0 unspecified atom stereocenters. The molecule has 4 nitrogen and oxygen atoms in total. The van der Waals surface area contributed by atoms with Gasteiger partial charge in [0.2, 0.25) is 0 Å². The molecule has 4 rings (SSSR count). The van der Waals surface area contributed by atoms with Gasteiger partial charge in [0.05, 0.1) is 17.6 Å². The second-order valence-corrected chi connectivity index (χ2v) is 5.90. The van der Waals surface area contributed by atoms with E-state index >= 15 is 0 Å². The lowest BCUT2D eigenvalue weighted by Crippen LogP contribution is -2.55. The SMILES string of the molecule is Nc1cnccc1N1CCN2c3ccccc3CC[C@H]2C1. The van der Waals surface area contributed by atoms with E-state index < -0.39 is 0 Å². The highest BCUT2D eigenvalue weighted by Gasteiger charge is 2.31. The monoisotopic (exact) mass is 280 g/mol. The van der Waals surface area contributed by atoms with Crippen molar-refractivity contribution in [1.82, 2.24) is 4.98 Å². The van der Waals surface area contributed by atoms with E-state index in [9.17, 15) is 0 Å². The Morgan fingerprint density at radius 1 is 1.10 bits per heavy atom. The molecule has 4 heteroatoms. The van der Waals surface area contributed by atoms with E-state index in [0.29, 0.717) is 6.04 Å². The average Bonchev–Trinajstić information content (AvgIpc) is 2.54. The number of hydrogen-bond acceptors (Lipinski definition) is 4. The molecular weight excluding hydrogens is 260 g/mol. The molecule has 0 bridgehead atoms. The molecule has 108 valence electrons. The van der Waals surface area contributed by atoms with Crippen molar-refractivity contribution in [3.05, 3.63) is 48.3 Å². The van der Waals surface area contributed by atoms with Crippen LogP contribution in [0.3, 0.4) is 0 Å². The predicted octanol–water partition coefficient (Wildman–Crippen LogP) is 2.31. The van der Waals surface area contributed by atoms with Gasteiger partial charge in [0.15, 0.2) is 0 Å². The van der Waals surface area contributed by atoms with Gasteiger partial charge in [-0.05, 0) is 30.5 Å². The number of hydrogen-bond donors (Lipinski definition) is 1. The van der Waals surface area contributed by atoms with Crippen LogP contribution in [0.4, 0.5) is 17.1 Å². The summed E-state index contributed by atoms with van der Waals surface area (Å²) in [5.74, 6) is 0. The highest BCUT2D eigenvalue weighted by atomic mass is 15.3. The molecule has 1 saturated heterocycles. The zero-order chi connectivity index (χ0) is 14.2. The van der Waals surface area contributed by atoms with Gasteiger partial charge in [-0.1, -0.05) is 18.2 Å². The van der Waals surface area contributed by atoms with Crippen LogP contribution in [0.25, 0.3) is 0 Å². The van der Waals surface area contributed by atoms with E-state index in [-0.39, 0.29) is 0 Å². The number of rotatable bonds is 1. The second kappa shape index (κ2) is 4.95. The maximum Gasteiger partial charge on any atom is 0.0738 e. The maximum absolute atomic E-state index is 6.08. The van der Waals surface area contributed by atoms with Crippen LogP contribution in [0.15, 0.2) is 42.7 Å². The van der Waals surface area contributed by atoms with Crippen molar-refractivity contribution >= 4 is 17.1 Å². The standard InChI is InChI=1S/C17H20N4/c18-15-11-19-8-7-17(15)20-9-10-21-14(12-20)6-5-13-3-1-2-4-16(13)21/h1-4,7-8,11,14H,5-6,9-10,12,18H2/t14-/m0/s1. The lowest BCUT2D eigenvalue weighted by atomic mass is 9.93. The summed E-state index contributed by atoms with van der Waals surface area (Å²) in [7, 11) is 0. The quantitative estimate of drug-likeness (QED) is 0.870. The Balaban J connectivity index is 1.59. The average molecular weight is 280 g/mol. The molecule has 1 atom stereocenters. The van der Waals surface area contributed by atoms with Crippen molar-refractivity contribution in [2.45, 2.75) is 18.9 Å². The number of anilines is 3. The van der Waals surface area contributed by atoms with E-state index in [0.717, 1.165) is 31.0 Å². The summed E-state index contributed by atoms with van der Waals surface area (Å²) in [6.45, 7) is 3.12. The molecule has 1 aromatic heterocycles. The van der Waals surface area contributed by atoms with Crippen molar-refractivity contribution in [3.63, 3.8) is 0 Å². The Morgan fingerprint density at radius 2 is 2.00 bits per heavy atom. The number of nitrogens with zero attached hydrogens (tertiary/aromatic N) is 3. The molecule has 0 aliphatic carbocycles. The van der Waals surface area contributed by atoms with Crippen molar-refractivity contribution < 1.29 is 0 Å². The minimum absolute atomic E-state index is 0.584.